The summed E-state index contributed by atoms with van der Waals surface area (Å²) in [6, 6.07) is 3.82. The molecule has 0 amide bonds. The highest BCUT2D eigenvalue weighted by Crippen LogP contribution is 2.34. The van der Waals surface area contributed by atoms with E-state index in [-0.39, 0.29) is 12.0 Å². The molecule has 1 aliphatic rings. The van der Waals surface area contributed by atoms with Crippen LogP contribution in [0.15, 0.2) is 24.7 Å². The second kappa shape index (κ2) is 7.63. The number of pyridine rings is 1. The van der Waals surface area contributed by atoms with Gasteiger partial charge in [0.25, 0.3) is 0 Å². The summed E-state index contributed by atoms with van der Waals surface area (Å²) in [5.41, 5.74) is 0.476. The molecule has 1 saturated heterocycles. The van der Waals surface area contributed by atoms with E-state index < -0.39 is 0 Å². The molecule has 0 N–H and O–H groups in total. The second-order valence-corrected chi connectivity index (χ2v) is 6.71. The molecular weight excluding hydrogens is 318 g/mol. The number of nitrogens with zero attached hydrogens (tertiary/aromatic N) is 5. The number of hydrogen-bond acceptors (Lipinski definition) is 6. The maximum atomic E-state index is 11.8. The van der Waals surface area contributed by atoms with Gasteiger partial charge in [-0.2, -0.15) is 0 Å². The summed E-state index contributed by atoms with van der Waals surface area (Å²) in [6.45, 7) is 8.35. The number of hydrogen-bond donors (Lipinski definition) is 0. The first-order valence-electron chi connectivity index (χ1n) is 8.87. The topological polar surface area (TPSA) is 73.1 Å². The van der Waals surface area contributed by atoms with E-state index in [0.717, 1.165) is 37.6 Å². The minimum atomic E-state index is -0.337. The minimum absolute atomic E-state index is 0.169. The van der Waals surface area contributed by atoms with Crippen molar-refractivity contribution in [2.45, 2.75) is 46.2 Å². The van der Waals surface area contributed by atoms with Crippen LogP contribution in [0.2, 0.25) is 0 Å². The van der Waals surface area contributed by atoms with Gasteiger partial charge in [0.05, 0.1) is 18.2 Å². The molecule has 0 unspecified atom stereocenters. The zero-order valence-electron chi connectivity index (χ0n) is 15.1. The zero-order valence-corrected chi connectivity index (χ0v) is 15.1. The maximum absolute atomic E-state index is 11.8. The van der Waals surface area contributed by atoms with Crippen LogP contribution >= 0.6 is 0 Å². The number of anilines is 1. The molecule has 2 aromatic heterocycles. The van der Waals surface area contributed by atoms with Crippen molar-refractivity contribution in [3.63, 3.8) is 0 Å². The van der Waals surface area contributed by atoms with Crippen molar-refractivity contribution >= 4 is 11.8 Å². The van der Waals surface area contributed by atoms with Crippen molar-refractivity contribution in [3.8, 4) is 0 Å². The second-order valence-electron chi connectivity index (χ2n) is 6.71. The Labute approximate surface area is 148 Å². The van der Waals surface area contributed by atoms with Crippen molar-refractivity contribution in [1.82, 2.24) is 19.7 Å². The Morgan fingerprint density at radius 2 is 2.24 bits per heavy atom. The van der Waals surface area contributed by atoms with E-state index in [1.807, 2.05) is 12.4 Å². The van der Waals surface area contributed by atoms with Crippen molar-refractivity contribution < 1.29 is 9.53 Å². The van der Waals surface area contributed by atoms with E-state index in [1.165, 1.54) is 0 Å². The Morgan fingerprint density at radius 3 is 2.92 bits per heavy atom. The SMILES string of the molecule is CCOC(=O)c1ccc(N2CCC[C@@H]2c2nncn2CC(C)C)nc1. The number of esters is 1. The van der Waals surface area contributed by atoms with E-state index in [1.54, 1.807) is 19.2 Å². The molecule has 0 aliphatic carbocycles. The first kappa shape index (κ1) is 17.4. The van der Waals surface area contributed by atoms with Gasteiger partial charge in [0.1, 0.15) is 12.1 Å². The lowest BCUT2D eigenvalue weighted by atomic mass is 10.2. The van der Waals surface area contributed by atoms with Gasteiger partial charge in [0, 0.05) is 19.3 Å². The highest BCUT2D eigenvalue weighted by Gasteiger charge is 2.31. The van der Waals surface area contributed by atoms with Crippen LogP contribution in [0.5, 0.6) is 0 Å². The summed E-state index contributed by atoms with van der Waals surface area (Å²) in [4.78, 5) is 18.5. The van der Waals surface area contributed by atoms with Crippen molar-refractivity contribution in [2.24, 2.45) is 5.92 Å². The van der Waals surface area contributed by atoms with Crippen LogP contribution < -0.4 is 4.90 Å². The Kier molecular flexibility index (Phi) is 5.31. The van der Waals surface area contributed by atoms with E-state index >= 15 is 0 Å². The van der Waals surface area contributed by atoms with Crippen LogP contribution in [-0.4, -0.2) is 38.9 Å². The Bertz CT molecular complexity index is 711. The lowest BCUT2D eigenvalue weighted by Crippen LogP contribution is -2.26. The summed E-state index contributed by atoms with van der Waals surface area (Å²) in [5, 5.41) is 8.48. The smallest absolute Gasteiger partial charge is 0.339 e. The van der Waals surface area contributed by atoms with Crippen LogP contribution in [0.25, 0.3) is 0 Å². The average Bonchev–Trinajstić information content (AvgIpc) is 3.23. The van der Waals surface area contributed by atoms with E-state index in [2.05, 4.69) is 38.5 Å². The third-order valence-electron chi connectivity index (χ3n) is 4.31. The molecule has 7 heteroatoms. The zero-order chi connectivity index (χ0) is 17.8. The molecule has 1 aliphatic heterocycles. The monoisotopic (exact) mass is 343 g/mol. The van der Waals surface area contributed by atoms with Crippen LogP contribution in [-0.2, 0) is 11.3 Å². The first-order chi connectivity index (χ1) is 12.1. The van der Waals surface area contributed by atoms with Gasteiger partial charge in [-0.05, 0) is 37.8 Å². The summed E-state index contributed by atoms with van der Waals surface area (Å²) in [5.74, 6) is 2.04. The van der Waals surface area contributed by atoms with E-state index in [0.29, 0.717) is 18.1 Å². The van der Waals surface area contributed by atoms with Gasteiger partial charge in [-0.3, -0.25) is 0 Å². The maximum Gasteiger partial charge on any atom is 0.339 e. The average molecular weight is 343 g/mol. The molecule has 0 saturated carbocycles. The van der Waals surface area contributed by atoms with Crippen LogP contribution in [0.1, 0.15) is 55.8 Å². The van der Waals surface area contributed by atoms with E-state index in [4.69, 9.17) is 4.74 Å². The predicted molar refractivity (Wildman–Crippen MR) is 94.4 cm³/mol. The highest BCUT2D eigenvalue weighted by molar-refractivity contribution is 5.89. The minimum Gasteiger partial charge on any atom is -0.462 e. The third kappa shape index (κ3) is 3.81. The summed E-state index contributed by atoms with van der Waals surface area (Å²) < 4.78 is 7.15. The summed E-state index contributed by atoms with van der Waals surface area (Å²) >= 11 is 0. The number of rotatable bonds is 6. The third-order valence-corrected chi connectivity index (χ3v) is 4.31. The van der Waals surface area contributed by atoms with E-state index in [9.17, 15) is 4.79 Å². The molecule has 0 radical (unpaired) electrons. The quantitative estimate of drug-likeness (QED) is 0.751. The van der Waals surface area contributed by atoms with Crippen LogP contribution in [0.3, 0.4) is 0 Å². The molecular formula is C18H25N5O2. The van der Waals surface area contributed by atoms with Gasteiger partial charge in [-0.25, -0.2) is 9.78 Å². The van der Waals surface area contributed by atoms with Crippen LogP contribution in [0, 0.1) is 5.92 Å². The highest BCUT2D eigenvalue weighted by atomic mass is 16.5. The lowest BCUT2D eigenvalue weighted by Gasteiger charge is -2.25. The number of ether oxygens (including phenoxy) is 1. The molecule has 3 rings (SSSR count). The number of aromatic nitrogens is 4. The molecule has 2 aromatic rings. The fourth-order valence-corrected chi connectivity index (χ4v) is 3.26. The van der Waals surface area contributed by atoms with Gasteiger partial charge < -0.3 is 14.2 Å². The van der Waals surface area contributed by atoms with Crippen LogP contribution in [0.4, 0.5) is 5.82 Å². The molecule has 7 nitrogen and oxygen atoms in total. The van der Waals surface area contributed by atoms with Crippen molar-refractivity contribution in [3.05, 3.63) is 36.0 Å². The molecule has 3 heterocycles. The molecule has 0 spiro atoms. The molecule has 0 aromatic carbocycles. The molecule has 25 heavy (non-hydrogen) atoms. The summed E-state index contributed by atoms with van der Waals surface area (Å²) in [7, 11) is 0. The van der Waals surface area contributed by atoms with Gasteiger partial charge in [-0.1, -0.05) is 13.8 Å². The lowest BCUT2D eigenvalue weighted by molar-refractivity contribution is 0.0526. The molecule has 1 atom stereocenters. The summed E-state index contributed by atoms with van der Waals surface area (Å²) in [6.07, 6.45) is 5.50. The fraction of sp³-hybridized carbons (Fsp3) is 0.556. The molecule has 0 bridgehead atoms. The fourth-order valence-electron chi connectivity index (χ4n) is 3.26. The van der Waals surface area contributed by atoms with Gasteiger partial charge in [0.15, 0.2) is 5.82 Å². The van der Waals surface area contributed by atoms with Gasteiger partial charge in [-0.15, -0.1) is 10.2 Å². The molecule has 134 valence electrons. The Morgan fingerprint density at radius 1 is 1.40 bits per heavy atom. The number of carbonyl (C=O) groups is 1. The van der Waals surface area contributed by atoms with Crippen molar-refractivity contribution in [1.29, 1.82) is 0 Å². The largest absolute Gasteiger partial charge is 0.462 e. The Balaban J connectivity index is 1.80. The van der Waals surface area contributed by atoms with Gasteiger partial charge in [0.2, 0.25) is 0 Å². The first-order valence-corrected chi connectivity index (χ1v) is 8.87. The van der Waals surface area contributed by atoms with Crippen molar-refractivity contribution in [2.75, 3.05) is 18.1 Å². The number of carbonyl (C=O) groups excluding carboxylic acids is 1. The molecule has 1 fully saturated rings. The predicted octanol–water partition coefficient (Wildman–Crippen LogP) is 2.85. The Hall–Kier alpha value is -2.44. The standard InChI is InChI=1S/C18H25N5O2/c1-4-25-18(24)14-7-8-16(19-10-14)23-9-5-6-15(23)17-21-20-12-22(17)11-13(2)3/h7-8,10,12-13,15H,4-6,9,11H2,1-3H3/t15-/m1/s1. The normalized spacial score (nSPS) is 17.3. The van der Waals surface area contributed by atoms with Gasteiger partial charge >= 0.3 is 5.97 Å².